The van der Waals surface area contributed by atoms with Crippen molar-refractivity contribution in [2.45, 2.75) is 32.8 Å². The van der Waals surface area contributed by atoms with Gasteiger partial charge in [0.1, 0.15) is 11.9 Å². The Balaban J connectivity index is 2.67. The highest BCUT2D eigenvalue weighted by Crippen LogP contribution is 2.52. The molecule has 0 amide bonds. The van der Waals surface area contributed by atoms with Crippen LogP contribution in [0.1, 0.15) is 42.6 Å². The van der Waals surface area contributed by atoms with Crippen LogP contribution in [0.15, 0.2) is 36.3 Å². The Morgan fingerprint density at radius 1 is 0.923 bits per heavy atom. The summed E-state index contributed by atoms with van der Waals surface area (Å²) in [6.07, 6.45) is 9.31. The van der Waals surface area contributed by atoms with Crippen molar-refractivity contribution in [2.75, 3.05) is 28.4 Å². The third-order valence-electron chi connectivity index (χ3n) is 4.46. The zero-order valence-corrected chi connectivity index (χ0v) is 16.6. The van der Waals surface area contributed by atoms with Crippen LogP contribution in [0.2, 0.25) is 0 Å². The second kappa shape index (κ2) is 8.70. The number of hydrogen-bond donors (Lipinski definition) is 0. The van der Waals surface area contributed by atoms with Crippen molar-refractivity contribution in [2.24, 2.45) is 0 Å². The Bertz CT molecular complexity index is 731. The largest absolute Gasteiger partial charge is 0.496 e. The summed E-state index contributed by atoms with van der Waals surface area (Å²) in [5.74, 6) is 2.69. The SMILES string of the molecule is C/C=C/C=C(/OC)O[C@H]1C=C[C@H](C)c2c(OC)c(OC)c(C)c(OC)c21. The van der Waals surface area contributed by atoms with Crippen molar-refractivity contribution in [3.63, 3.8) is 0 Å². The van der Waals surface area contributed by atoms with E-state index >= 15 is 0 Å². The molecule has 2 atom stereocenters. The van der Waals surface area contributed by atoms with Crippen molar-refractivity contribution < 1.29 is 23.7 Å². The number of rotatable bonds is 7. The van der Waals surface area contributed by atoms with E-state index in [4.69, 9.17) is 23.7 Å². The summed E-state index contributed by atoms with van der Waals surface area (Å²) >= 11 is 0. The number of hydrogen-bond acceptors (Lipinski definition) is 5. The molecule has 0 saturated heterocycles. The second-order valence-corrected chi connectivity index (χ2v) is 5.98. The minimum absolute atomic E-state index is 0.133. The van der Waals surface area contributed by atoms with Crippen molar-refractivity contribution >= 4 is 0 Å². The molecule has 0 N–H and O–H groups in total. The summed E-state index contributed by atoms with van der Waals surface area (Å²) in [5.41, 5.74) is 2.81. The van der Waals surface area contributed by atoms with Crippen molar-refractivity contribution in [1.29, 1.82) is 0 Å². The Morgan fingerprint density at radius 3 is 2.12 bits per heavy atom. The molecule has 1 aromatic rings. The zero-order valence-electron chi connectivity index (χ0n) is 16.6. The van der Waals surface area contributed by atoms with E-state index in [1.807, 2.05) is 32.1 Å². The fourth-order valence-electron chi connectivity index (χ4n) is 3.30. The number of ether oxygens (including phenoxy) is 5. The van der Waals surface area contributed by atoms with Gasteiger partial charge in [0.15, 0.2) is 11.5 Å². The molecule has 0 fully saturated rings. The lowest BCUT2D eigenvalue weighted by molar-refractivity contribution is 0.0288. The lowest BCUT2D eigenvalue weighted by atomic mass is 9.84. The lowest BCUT2D eigenvalue weighted by Crippen LogP contribution is -2.16. The van der Waals surface area contributed by atoms with Gasteiger partial charge in [0.2, 0.25) is 0 Å². The first-order valence-electron chi connectivity index (χ1n) is 8.58. The molecule has 0 aliphatic heterocycles. The quantitative estimate of drug-likeness (QED) is 0.396. The van der Waals surface area contributed by atoms with Gasteiger partial charge in [-0.25, -0.2) is 0 Å². The molecule has 142 valence electrons. The summed E-state index contributed by atoms with van der Waals surface area (Å²) in [6.45, 7) is 5.99. The molecular weight excluding hydrogens is 332 g/mol. The first kappa shape index (κ1) is 19.8. The van der Waals surface area contributed by atoms with Gasteiger partial charge in [-0.3, -0.25) is 0 Å². The lowest BCUT2D eigenvalue weighted by Gasteiger charge is -2.31. The Kier molecular flexibility index (Phi) is 6.61. The highest BCUT2D eigenvalue weighted by molar-refractivity contribution is 5.66. The van der Waals surface area contributed by atoms with E-state index in [1.165, 1.54) is 0 Å². The Morgan fingerprint density at radius 2 is 1.58 bits per heavy atom. The summed E-state index contributed by atoms with van der Waals surface area (Å²) in [4.78, 5) is 0. The van der Waals surface area contributed by atoms with Crippen molar-refractivity contribution in [1.82, 2.24) is 0 Å². The third kappa shape index (κ3) is 3.52. The average molecular weight is 360 g/mol. The monoisotopic (exact) mass is 360 g/mol. The average Bonchev–Trinajstić information content (AvgIpc) is 2.65. The molecule has 2 rings (SSSR count). The van der Waals surface area contributed by atoms with Crippen LogP contribution in [-0.2, 0) is 9.47 Å². The van der Waals surface area contributed by atoms with E-state index < -0.39 is 0 Å². The molecule has 0 saturated carbocycles. The molecule has 26 heavy (non-hydrogen) atoms. The summed E-state index contributed by atoms with van der Waals surface area (Å²) in [5, 5.41) is 0. The maximum Gasteiger partial charge on any atom is 0.279 e. The van der Waals surface area contributed by atoms with Gasteiger partial charge in [0, 0.05) is 28.7 Å². The molecular formula is C21H28O5. The van der Waals surface area contributed by atoms with Crippen LogP contribution in [0.5, 0.6) is 17.2 Å². The number of fused-ring (bicyclic) bond motifs is 1. The van der Waals surface area contributed by atoms with Gasteiger partial charge >= 0.3 is 0 Å². The molecule has 1 aliphatic rings. The van der Waals surface area contributed by atoms with Gasteiger partial charge in [-0.05, 0) is 19.9 Å². The van der Waals surface area contributed by atoms with E-state index in [9.17, 15) is 0 Å². The van der Waals surface area contributed by atoms with Crippen molar-refractivity contribution in [3.05, 3.63) is 53.0 Å². The topological polar surface area (TPSA) is 46.2 Å². The molecule has 5 nitrogen and oxygen atoms in total. The molecule has 0 aromatic heterocycles. The Labute approximate surface area is 155 Å². The Hall–Kier alpha value is -2.56. The molecule has 0 radical (unpaired) electrons. The van der Waals surface area contributed by atoms with Crippen LogP contribution in [-0.4, -0.2) is 28.4 Å². The van der Waals surface area contributed by atoms with Crippen LogP contribution in [0.3, 0.4) is 0 Å². The maximum absolute atomic E-state index is 6.11. The molecule has 0 heterocycles. The number of methoxy groups -OCH3 is 4. The predicted molar refractivity (Wildman–Crippen MR) is 102 cm³/mol. The minimum Gasteiger partial charge on any atom is -0.496 e. The van der Waals surface area contributed by atoms with Crippen molar-refractivity contribution in [3.8, 4) is 17.2 Å². The van der Waals surface area contributed by atoms with Crippen LogP contribution >= 0.6 is 0 Å². The molecule has 5 heteroatoms. The summed E-state index contributed by atoms with van der Waals surface area (Å²) < 4.78 is 28.5. The first-order valence-corrected chi connectivity index (χ1v) is 8.58. The standard InChI is InChI=1S/C21H28O5/c1-8-9-10-16(22-4)26-15-12-11-13(2)17-18(15)19(23-5)14(3)20(24-6)21(17)25-7/h8-13,15H,1-7H3/b9-8+,16-10-/t13-,15-/m0/s1. The van der Waals surface area contributed by atoms with Crippen LogP contribution in [0, 0.1) is 6.92 Å². The molecule has 1 aromatic carbocycles. The van der Waals surface area contributed by atoms with E-state index in [1.54, 1.807) is 34.5 Å². The molecule has 0 spiro atoms. The van der Waals surface area contributed by atoms with E-state index in [-0.39, 0.29) is 12.0 Å². The molecule has 0 unspecified atom stereocenters. The normalized spacial score (nSPS) is 19.3. The maximum atomic E-state index is 6.11. The zero-order chi connectivity index (χ0) is 19.3. The number of benzene rings is 1. The van der Waals surface area contributed by atoms with E-state index in [0.29, 0.717) is 17.4 Å². The van der Waals surface area contributed by atoms with Crippen LogP contribution in [0.4, 0.5) is 0 Å². The number of allylic oxidation sites excluding steroid dienone is 4. The van der Waals surface area contributed by atoms with E-state index in [0.717, 1.165) is 22.4 Å². The second-order valence-electron chi connectivity index (χ2n) is 5.98. The minimum atomic E-state index is -0.355. The smallest absolute Gasteiger partial charge is 0.279 e. The highest BCUT2D eigenvalue weighted by Gasteiger charge is 2.33. The van der Waals surface area contributed by atoms with Crippen LogP contribution < -0.4 is 14.2 Å². The fraction of sp³-hybridized carbons (Fsp3) is 0.429. The summed E-state index contributed by atoms with van der Waals surface area (Å²) in [6, 6.07) is 0. The molecule has 1 aliphatic carbocycles. The first-order chi connectivity index (χ1) is 12.5. The van der Waals surface area contributed by atoms with E-state index in [2.05, 4.69) is 13.0 Å². The molecule has 0 bridgehead atoms. The summed E-state index contributed by atoms with van der Waals surface area (Å²) in [7, 11) is 6.53. The van der Waals surface area contributed by atoms with Gasteiger partial charge in [-0.1, -0.05) is 25.2 Å². The third-order valence-corrected chi connectivity index (χ3v) is 4.46. The van der Waals surface area contributed by atoms with Gasteiger partial charge in [-0.2, -0.15) is 0 Å². The highest BCUT2D eigenvalue weighted by atomic mass is 16.7. The van der Waals surface area contributed by atoms with Gasteiger partial charge in [0.25, 0.3) is 5.95 Å². The van der Waals surface area contributed by atoms with Crippen LogP contribution in [0.25, 0.3) is 0 Å². The van der Waals surface area contributed by atoms with Gasteiger partial charge in [0.05, 0.1) is 28.4 Å². The predicted octanol–water partition coefficient (Wildman–Crippen LogP) is 4.82. The van der Waals surface area contributed by atoms with Gasteiger partial charge < -0.3 is 23.7 Å². The fourth-order valence-corrected chi connectivity index (χ4v) is 3.30. The van der Waals surface area contributed by atoms with Gasteiger partial charge in [-0.15, -0.1) is 0 Å².